The maximum atomic E-state index is 12.6. The molecule has 7 nitrogen and oxygen atoms in total. The number of ether oxygens (including phenoxy) is 1. The zero-order chi connectivity index (χ0) is 20.8. The van der Waals surface area contributed by atoms with Crippen LogP contribution in [0.3, 0.4) is 0 Å². The first-order valence-corrected chi connectivity index (χ1v) is 9.95. The molecule has 0 bridgehead atoms. The molecule has 2 atom stereocenters. The first-order chi connectivity index (χ1) is 12.5. The normalized spacial score (nSPS) is 19.4. The number of rotatable bonds is 8. The Morgan fingerprint density at radius 3 is 2.15 bits per heavy atom. The Bertz CT molecular complexity index is 525. The SMILES string of the molecule is CCC(CCC(CC)(C(=O)O)C(=O)O)C1CCCCN1C(=O)OC(C)(C)C. The molecule has 0 aromatic rings. The van der Waals surface area contributed by atoms with Crippen LogP contribution in [0.25, 0.3) is 0 Å². The largest absolute Gasteiger partial charge is 0.480 e. The summed E-state index contributed by atoms with van der Waals surface area (Å²) in [5.74, 6) is -2.54. The van der Waals surface area contributed by atoms with Crippen molar-refractivity contribution >= 4 is 18.0 Å². The second-order valence-corrected chi connectivity index (χ2v) is 8.49. The van der Waals surface area contributed by atoms with Crippen molar-refractivity contribution in [2.75, 3.05) is 6.54 Å². The minimum atomic E-state index is -1.77. The number of piperidine rings is 1. The fourth-order valence-electron chi connectivity index (χ4n) is 3.88. The quantitative estimate of drug-likeness (QED) is 0.608. The van der Waals surface area contributed by atoms with Crippen molar-refractivity contribution in [2.24, 2.45) is 11.3 Å². The summed E-state index contributed by atoms with van der Waals surface area (Å²) in [7, 11) is 0. The second-order valence-electron chi connectivity index (χ2n) is 8.49. The molecule has 1 aliphatic heterocycles. The minimum Gasteiger partial charge on any atom is -0.480 e. The Balaban J connectivity index is 2.95. The molecule has 7 heteroatoms. The van der Waals surface area contributed by atoms with Crippen LogP contribution in [0.4, 0.5) is 4.79 Å². The van der Waals surface area contributed by atoms with Gasteiger partial charge in [0.05, 0.1) is 0 Å². The van der Waals surface area contributed by atoms with Gasteiger partial charge in [-0.2, -0.15) is 0 Å². The van der Waals surface area contributed by atoms with E-state index >= 15 is 0 Å². The number of carbonyl (C=O) groups excluding carboxylic acids is 1. The standard InChI is InChI=1S/C20H35NO6/c1-6-14(11-12-20(7-2,16(22)23)17(24)25)15-10-8-9-13-21(15)18(26)27-19(3,4)5/h14-15H,6-13H2,1-5H3,(H,22,23)(H,24,25). The molecule has 1 heterocycles. The second kappa shape index (κ2) is 9.42. The molecule has 0 spiro atoms. The Hall–Kier alpha value is -1.79. The van der Waals surface area contributed by atoms with Gasteiger partial charge in [0.2, 0.25) is 0 Å². The summed E-state index contributed by atoms with van der Waals surface area (Å²) in [5.41, 5.74) is -2.34. The number of carboxylic acid groups (broad SMARTS) is 2. The van der Waals surface area contributed by atoms with Crippen LogP contribution in [0.15, 0.2) is 0 Å². The van der Waals surface area contributed by atoms with Crippen LogP contribution in [0.5, 0.6) is 0 Å². The summed E-state index contributed by atoms with van der Waals surface area (Å²) in [6, 6.07) is -0.0456. The highest BCUT2D eigenvalue weighted by Gasteiger charge is 2.45. The Kier molecular flexibility index (Phi) is 8.11. The number of aliphatic carboxylic acids is 2. The molecular weight excluding hydrogens is 350 g/mol. The number of nitrogens with zero attached hydrogens (tertiary/aromatic N) is 1. The van der Waals surface area contributed by atoms with E-state index in [0.29, 0.717) is 13.0 Å². The summed E-state index contributed by atoms with van der Waals surface area (Å²) in [6.45, 7) is 9.70. The van der Waals surface area contributed by atoms with Gasteiger partial charge in [0.15, 0.2) is 5.41 Å². The molecule has 27 heavy (non-hydrogen) atoms. The van der Waals surface area contributed by atoms with E-state index in [9.17, 15) is 24.6 Å². The lowest BCUT2D eigenvalue weighted by Crippen LogP contribution is -2.49. The number of carbonyl (C=O) groups is 3. The number of likely N-dealkylation sites (tertiary alicyclic amines) is 1. The van der Waals surface area contributed by atoms with Crippen molar-refractivity contribution in [3.63, 3.8) is 0 Å². The van der Waals surface area contributed by atoms with Gasteiger partial charge in [-0.1, -0.05) is 20.3 Å². The molecule has 0 radical (unpaired) electrons. The van der Waals surface area contributed by atoms with Crippen LogP contribution in [0.2, 0.25) is 0 Å². The zero-order valence-electron chi connectivity index (χ0n) is 17.3. The summed E-state index contributed by atoms with van der Waals surface area (Å²) >= 11 is 0. The molecule has 0 aliphatic carbocycles. The molecular formula is C20H35NO6. The third-order valence-corrected chi connectivity index (χ3v) is 5.61. The van der Waals surface area contributed by atoms with E-state index in [4.69, 9.17) is 4.74 Å². The van der Waals surface area contributed by atoms with E-state index in [2.05, 4.69) is 0 Å². The first kappa shape index (κ1) is 23.2. The van der Waals surface area contributed by atoms with Gasteiger partial charge in [-0.05, 0) is 65.2 Å². The van der Waals surface area contributed by atoms with Gasteiger partial charge in [0.1, 0.15) is 5.60 Å². The van der Waals surface area contributed by atoms with Crippen molar-refractivity contribution in [3.8, 4) is 0 Å². The molecule has 0 aromatic carbocycles. The van der Waals surface area contributed by atoms with Crippen molar-refractivity contribution in [1.29, 1.82) is 0 Å². The molecule has 1 fully saturated rings. The predicted molar refractivity (Wildman–Crippen MR) is 102 cm³/mol. The molecule has 1 rings (SSSR count). The fraction of sp³-hybridized carbons (Fsp3) is 0.850. The lowest BCUT2D eigenvalue weighted by Gasteiger charge is -2.41. The third kappa shape index (κ3) is 5.84. The topological polar surface area (TPSA) is 104 Å². The molecule has 1 saturated heterocycles. The molecule has 2 unspecified atom stereocenters. The van der Waals surface area contributed by atoms with Crippen molar-refractivity contribution in [1.82, 2.24) is 4.90 Å². The number of carboxylic acids is 2. The van der Waals surface area contributed by atoms with Gasteiger partial charge >= 0.3 is 18.0 Å². The van der Waals surface area contributed by atoms with E-state index < -0.39 is 23.0 Å². The molecule has 0 aromatic heterocycles. The predicted octanol–water partition coefficient (Wildman–Crippen LogP) is 4.15. The lowest BCUT2D eigenvalue weighted by molar-refractivity contribution is -0.166. The highest BCUT2D eigenvalue weighted by Crippen LogP contribution is 2.36. The summed E-state index contributed by atoms with van der Waals surface area (Å²) in [5, 5.41) is 19.0. The van der Waals surface area contributed by atoms with Gasteiger partial charge < -0.3 is 19.8 Å². The van der Waals surface area contributed by atoms with Crippen LogP contribution in [0.1, 0.15) is 79.6 Å². The smallest absolute Gasteiger partial charge is 0.410 e. The number of hydrogen-bond acceptors (Lipinski definition) is 4. The highest BCUT2D eigenvalue weighted by molar-refractivity contribution is 5.98. The Morgan fingerprint density at radius 2 is 1.70 bits per heavy atom. The van der Waals surface area contributed by atoms with E-state index in [1.807, 2.05) is 27.7 Å². The molecule has 2 N–H and O–H groups in total. The molecule has 1 amide bonds. The van der Waals surface area contributed by atoms with E-state index in [1.54, 1.807) is 11.8 Å². The van der Waals surface area contributed by atoms with E-state index in [-0.39, 0.29) is 30.9 Å². The zero-order valence-corrected chi connectivity index (χ0v) is 17.3. The van der Waals surface area contributed by atoms with Crippen LogP contribution in [0, 0.1) is 11.3 Å². The summed E-state index contributed by atoms with van der Waals surface area (Å²) < 4.78 is 5.54. The van der Waals surface area contributed by atoms with E-state index in [0.717, 1.165) is 25.7 Å². The van der Waals surface area contributed by atoms with Gasteiger partial charge in [-0.15, -0.1) is 0 Å². The molecule has 0 saturated carbocycles. The van der Waals surface area contributed by atoms with Crippen LogP contribution >= 0.6 is 0 Å². The van der Waals surface area contributed by atoms with Crippen LogP contribution < -0.4 is 0 Å². The van der Waals surface area contributed by atoms with Crippen LogP contribution in [-0.4, -0.2) is 51.3 Å². The van der Waals surface area contributed by atoms with Crippen molar-refractivity contribution in [2.45, 2.75) is 91.2 Å². The maximum Gasteiger partial charge on any atom is 0.410 e. The third-order valence-electron chi connectivity index (χ3n) is 5.61. The van der Waals surface area contributed by atoms with Crippen LogP contribution in [-0.2, 0) is 14.3 Å². The van der Waals surface area contributed by atoms with Gasteiger partial charge in [-0.25, -0.2) is 4.79 Å². The van der Waals surface area contributed by atoms with Gasteiger partial charge in [0.25, 0.3) is 0 Å². The summed E-state index contributed by atoms with van der Waals surface area (Å²) in [4.78, 5) is 37.7. The first-order valence-electron chi connectivity index (χ1n) is 9.95. The monoisotopic (exact) mass is 385 g/mol. The number of amides is 1. The van der Waals surface area contributed by atoms with Crippen molar-refractivity contribution in [3.05, 3.63) is 0 Å². The van der Waals surface area contributed by atoms with Gasteiger partial charge in [0, 0.05) is 12.6 Å². The van der Waals surface area contributed by atoms with E-state index in [1.165, 1.54) is 0 Å². The Labute approximate surface area is 162 Å². The van der Waals surface area contributed by atoms with Gasteiger partial charge in [-0.3, -0.25) is 9.59 Å². The number of hydrogen-bond donors (Lipinski definition) is 2. The minimum absolute atomic E-state index is 0.0363. The molecule has 156 valence electrons. The highest BCUT2D eigenvalue weighted by atomic mass is 16.6. The fourth-order valence-corrected chi connectivity index (χ4v) is 3.88. The molecule has 1 aliphatic rings. The van der Waals surface area contributed by atoms with Crippen molar-refractivity contribution < 1.29 is 29.3 Å². The average molecular weight is 386 g/mol. The summed E-state index contributed by atoms with van der Waals surface area (Å²) in [6.07, 6.45) is 3.70. The Morgan fingerprint density at radius 1 is 1.11 bits per heavy atom. The lowest BCUT2D eigenvalue weighted by atomic mass is 9.76. The maximum absolute atomic E-state index is 12.6. The average Bonchev–Trinajstić information content (AvgIpc) is 2.57.